The van der Waals surface area contributed by atoms with E-state index in [1.165, 1.54) is 89.9 Å². The normalized spacial score (nSPS) is 11.3. The molecule has 3 aromatic rings. The van der Waals surface area contributed by atoms with Crippen molar-refractivity contribution in [2.24, 2.45) is 0 Å². The molecule has 3 rings (SSSR count). The third-order valence-corrected chi connectivity index (χ3v) is 8.70. The molecule has 4 nitrogen and oxygen atoms in total. The first-order valence-corrected chi connectivity index (χ1v) is 17.1. The summed E-state index contributed by atoms with van der Waals surface area (Å²) < 4.78 is 1.72. The number of hydrogen-bond acceptors (Lipinski definition) is 2. The largest absolute Gasteiger partial charge is 0.351 e. The summed E-state index contributed by atoms with van der Waals surface area (Å²) in [5.41, 5.74) is 3.52. The number of halogens is 3. The average molecular weight is 633 g/mol. The van der Waals surface area contributed by atoms with E-state index in [2.05, 4.69) is 12.2 Å². The molecule has 7 heteroatoms. The zero-order valence-electron chi connectivity index (χ0n) is 25.5. The second-order valence-corrected chi connectivity index (χ2v) is 12.7. The van der Waals surface area contributed by atoms with E-state index in [9.17, 15) is 4.79 Å². The van der Waals surface area contributed by atoms with Crippen molar-refractivity contribution in [2.45, 2.75) is 117 Å². The second kappa shape index (κ2) is 19.3. The monoisotopic (exact) mass is 631 g/mol. The van der Waals surface area contributed by atoms with E-state index in [-0.39, 0.29) is 5.91 Å². The van der Waals surface area contributed by atoms with E-state index in [1.54, 1.807) is 16.8 Å². The summed E-state index contributed by atoms with van der Waals surface area (Å²) in [6.45, 7) is 4.84. The highest BCUT2D eigenvalue weighted by Crippen LogP contribution is 2.33. The molecular weight excluding hydrogens is 585 g/mol. The lowest BCUT2D eigenvalue weighted by Gasteiger charge is -2.11. The number of amides is 1. The predicted molar refractivity (Wildman–Crippen MR) is 181 cm³/mol. The van der Waals surface area contributed by atoms with Crippen molar-refractivity contribution < 1.29 is 4.79 Å². The number of hydrogen-bond donors (Lipinski definition) is 1. The average Bonchev–Trinajstić information content (AvgIpc) is 3.31. The van der Waals surface area contributed by atoms with Gasteiger partial charge in [0.15, 0.2) is 5.69 Å². The molecule has 1 amide bonds. The topological polar surface area (TPSA) is 46.9 Å². The fourth-order valence-corrected chi connectivity index (χ4v) is 6.06. The zero-order valence-corrected chi connectivity index (χ0v) is 27.8. The molecule has 1 heterocycles. The molecule has 42 heavy (non-hydrogen) atoms. The Labute approximate surface area is 268 Å². The van der Waals surface area contributed by atoms with E-state index in [0.717, 1.165) is 29.7 Å². The van der Waals surface area contributed by atoms with Gasteiger partial charge in [0.05, 0.1) is 16.4 Å². The van der Waals surface area contributed by atoms with Gasteiger partial charge in [-0.15, -0.1) is 0 Å². The molecule has 0 fully saturated rings. The molecule has 0 unspecified atom stereocenters. The lowest BCUT2D eigenvalue weighted by molar-refractivity contribution is 0.0947. The van der Waals surface area contributed by atoms with E-state index < -0.39 is 0 Å². The van der Waals surface area contributed by atoms with Crippen molar-refractivity contribution in [3.63, 3.8) is 0 Å². The number of carbonyl (C=O) groups is 1. The highest BCUT2D eigenvalue weighted by Gasteiger charge is 2.23. The van der Waals surface area contributed by atoms with Crippen LogP contribution in [0.3, 0.4) is 0 Å². The number of benzene rings is 2. The van der Waals surface area contributed by atoms with Gasteiger partial charge in [-0.05, 0) is 43.7 Å². The fraction of sp³-hybridized carbons (Fsp3) is 0.543. The van der Waals surface area contributed by atoms with Crippen molar-refractivity contribution in [3.05, 3.63) is 68.8 Å². The van der Waals surface area contributed by atoms with E-state index >= 15 is 0 Å². The van der Waals surface area contributed by atoms with Gasteiger partial charge in [0.2, 0.25) is 0 Å². The van der Waals surface area contributed by atoms with Crippen molar-refractivity contribution in [1.82, 2.24) is 15.1 Å². The molecule has 0 aliphatic rings. The Kier molecular flexibility index (Phi) is 15.8. The number of carbonyl (C=O) groups excluding carboxylic acids is 1. The van der Waals surface area contributed by atoms with Crippen LogP contribution in [0.4, 0.5) is 0 Å². The van der Waals surface area contributed by atoms with E-state index in [0.29, 0.717) is 33.0 Å². The van der Waals surface area contributed by atoms with Gasteiger partial charge in [-0.1, -0.05) is 150 Å². The first-order chi connectivity index (χ1) is 20.4. The molecule has 0 saturated heterocycles. The minimum absolute atomic E-state index is 0.174. The van der Waals surface area contributed by atoms with Gasteiger partial charge in [-0.3, -0.25) is 4.79 Å². The smallest absolute Gasteiger partial charge is 0.272 e. The minimum atomic E-state index is -0.174. The maximum atomic E-state index is 13.2. The van der Waals surface area contributed by atoms with Gasteiger partial charge in [0.1, 0.15) is 0 Å². The van der Waals surface area contributed by atoms with Crippen LogP contribution in [-0.2, 0) is 0 Å². The van der Waals surface area contributed by atoms with Crippen LogP contribution in [0.2, 0.25) is 15.1 Å². The summed E-state index contributed by atoms with van der Waals surface area (Å²) in [5, 5.41) is 9.42. The standard InChI is InChI=1S/C35H48Cl3N3O/c1-3-4-5-6-7-8-9-10-11-12-13-14-15-16-17-18-25-39-35(42)33-27(2)34(28-19-21-29(36)22-20-28)41(40-33)32-24-23-30(37)26-31(32)38/h19-24,26H,3-18,25H2,1-2H3,(H,39,42). The van der Waals surface area contributed by atoms with Gasteiger partial charge in [0.25, 0.3) is 5.91 Å². The Bertz CT molecular complexity index is 1220. The predicted octanol–water partition coefficient (Wildman–Crippen LogP) is 11.8. The van der Waals surface area contributed by atoms with Gasteiger partial charge in [0, 0.05) is 27.7 Å². The first-order valence-electron chi connectivity index (χ1n) is 16.0. The number of aromatic nitrogens is 2. The minimum Gasteiger partial charge on any atom is -0.351 e. The van der Waals surface area contributed by atoms with Crippen LogP contribution < -0.4 is 5.32 Å². The number of nitrogens with zero attached hydrogens (tertiary/aromatic N) is 2. The summed E-state index contributed by atoms with van der Waals surface area (Å²) in [5.74, 6) is -0.174. The van der Waals surface area contributed by atoms with Crippen molar-refractivity contribution in [2.75, 3.05) is 6.54 Å². The third kappa shape index (κ3) is 11.2. The lowest BCUT2D eigenvalue weighted by Crippen LogP contribution is -2.25. The van der Waals surface area contributed by atoms with Crippen LogP contribution in [0.15, 0.2) is 42.5 Å². The summed E-state index contributed by atoms with van der Waals surface area (Å²) >= 11 is 18.8. The molecule has 0 aliphatic carbocycles. The van der Waals surface area contributed by atoms with Crippen molar-refractivity contribution in [1.29, 1.82) is 0 Å². The highest BCUT2D eigenvalue weighted by molar-refractivity contribution is 6.35. The molecular formula is C35H48Cl3N3O. The molecule has 0 radical (unpaired) electrons. The molecule has 0 atom stereocenters. The summed E-state index contributed by atoms with van der Waals surface area (Å²) in [6, 6.07) is 12.8. The van der Waals surface area contributed by atoms with Gasteiger partial charge < -0.3 is 5.32 Å². The highest BCUT2D eigenvalue weighted by atomic mass is 35.5. The van der Waals surface area contributed by atoms with Crippen LogP contribution in [0, 0.1) is 6.92 Å². The van der Waals surface area contributed by atoms with Crippen LogP contribution in [-0.4, -0.2) is 22.2 Å². The van der Waals surface area contributed by atoms with E-state index in [4.69, 9.17) is 39.9 Å². The second-order valence-electron chi connectivity index (χ2n) is 11.4. The molecule has 0 saturated carbocycles. The van der Waals surface area contributed by atoms with Gasteiger partial charge >= 0.3 is 0 Å². The maximum absolute atomic E-state index is 13.2. The Morgan fingerprint density at radius 3 is 1.74 bits per heavy atom. The zero-order chi connectivity index (χ0) is 30.2. The van der Waals surface area contributed by atoms with Crippen LogP contribution in [0.5, 0.6) is 0 Å². The summed E-state index contributed by atoms with van der Waals surface area (Å²) in [4.78, 5) is 13.2. The van der Waals surface area contributed by atoms with Crippen LogP contribution in [0.25, 0.3) is 16.9 Å². The first kappa shape index (κ1) is 34.5. The van der Waals surface area contributed by atoms with Gasteiger partial charge in [-0.2, -0.15) is 5.10 Å². The Hall–Kier alpha value is -2.01. The third-order valence-electron chi connectivity index (χ3n) is 7.91. The van der Waals surface area contributed by atoms with Crippen LogP contribution >= 0.6 is 34.8 Å². The summed E-state index contributed by atoms with van der Waals surface area (Å²) in [7, 11) is 0. The quantitative estimate of drug-likeness (QED) is 0.126. The number of nitrogens with one attached hydrogen (secondary N) is 1. The molecule has 2 aromatic carbocycles. The Morgan fingerprint density at radius 1 is 0.714 bits per heavy atom. The molecule has 230 valence electrons. The molecule has 0 bridgehead atoms. The molecule has 0 spiro atoms. The number of unbranched alkanes of at least 4 members (excludes halogenated alkanes) is 15. The van der Waals surface area contributed by atoms with Crippen molar-refractivity contribution >= 4 is 40.7 Å². The summed E-state index contributed by atoms with van der Waals surface area (Å²) in [6.07, 6.45) is 21.3. The molecule has 1 aromatic heterocycles. The lowest BCUT2D eigenvalue weighted by atomic mass is 10.0. The molecule has 0 aliphatic heterocycles. The molecule has 1 N–H and O–H groups in total. The van der Waals surface area contributed by atoms with Crippen molar-refractivity contribution in [3.8, 4) is 16.9 Å². The van der Waals surface area contributed by atoms with E-state index in [1.807, 2.05) is 37.3 Å². The Balaban J connectivity index is 1.39. The SMILES string of the molecule is CCCCCCCCCCCCCCCCCCNC(=O)c1nn(-c2ccc(Cl)cc2Cl)c(-c2ccc(Cl)cc2)c1C. The Morgan fingerprint density at radius 2 is 1.21 bits per heavy atom. The van der Waals surface area contributed by atoms with Crippen LogP contribution in [0.1, 0.15) is 126 Å². The number of rotatable bonds is 20. The maximum Gasteiger partial charge on any atom is 0.272 e. The fourth-order valence-electron chi connectivity index (χ4n) is 5.44. The van der Waals surface area contributed by atoms with Gasteiger partial charge in [-0.25, -0.2) is 4.68 Å².